The van der Waals surface area contributed by atoms with Crippen molar-refractivity contribution in [2.45, 2.75) is 26.8 Å². The minimum absolute atomic E-state index is 0.0926. The molecule has 18 heavy (non-hydrogen) atoms. The lowest BCUT2D eigenvalue weighted by Gasteiger charge is -2.11. The van der Waals surface area contributed by atoms with Crippen LogP contribution in [0.1, 0.15) is 29.8 Å². The minimum atomic E-state index is -0.948. The summed E-state index contributed by atoms with van der Waals surface area (Å²) in [4.78, 5) is 22.3. The van der Waals surface area contributed by atoms with Gasteiger partial charge in [-0.2, -0.15) is 0 Å². The number of carbonyl (C=O) groups excluding carboxylic acids is 1. The third kappa shape index (κ3) is 4.08. The fraction of sp³-hybridized carbons (Fsp3) is 0.385. The molecule has 5 nitrogen and oxygen atoms in total. The van der Waals surface area contributed by atoms with Gasteiger partial charge in [0.15, 0.2) is 0 Å². The van der Waals surface area contributed by atoms with Crippen LogP contribution in [0.3, 0.4) is 0 Å². The third-order valence-electron chi connectivity index (χ3n) is 2.36. The normalized spacial score (nSPS) is 10.2. The number of carboxylic acids is 1. The van der Waals surface area contributed by atoms with Gasteiger partial charge in [0.1, 0.15) is 0 Å². The average Bonchev–Trinajstić information content (AvgIpc) is 2.25. The predicted octanol–water partition coefficient (Wildman–Crippen LogP) is 1.63. The van der Waals surface area contributed by atoms with Crippen molar-refractivity contribution in [1.82, 2.24) is 5.32 Å². The number of hydrogen-bond acceptors (Lipinski definition) is 3. The molecule has 98 valence electrons. The summed E-state index contributed by atoms with van der Waals surface area (Å²) in [7, 11) is 0. The first-order chi connectivity index (χ1) is 8.40. The molecule has 1 rings (SSSR count). The summed E-state index contributed by atoms with van der Waals surface area (Å²) >= 11 is 0. The van der Waals surface area contributed by atoms with Crippen molar-refractivity contribution in [3.63, 3.8) is 0 Å². The highest BCUT2D eigenvalue weighted by Gasteiger charge is 2.08. The van der Waals surface area contributed by atoms with E-state index in [4.69, 9.17) is 5.11 Å². The Hall–Kier alpha value is -2.04. The van der Waals surface area contributed by atoms with Gasteiger partial charge < -0.3 is 15.7 Å². The lowest BCUT2D eigenvalue weighted by atomic mass is 10.1. The predicted molar refractivity (Wildman–Crippen MR) is 69.9 cm³/mol. The van der Waals surface area contributed by atoms with E-state index in [1.165, 1.54) is 6.07 Å². The Bertz CT molecular complexity index is 456. The summed E-state index contributed by atoms with van der Waals surface area (Å²) in [6, 6.07) is 5.00. The maximum atomic E-state index is 11.4. The van der Waals surface area contributed by atoms with E-state index < -0.39 is 5.97 Å². The monoisotopic (exact) mass is 250 g/mol. The Morgan fingerprint density at radius 2 is 2.00 bits per heavy atom. The van der Waals surface area contributed by atoms with Crippen LogP contribution in [0.5, 0.6) is 0 Å². The zero-order chi connectivity index (χ0) is 13.7. The average molecular weight is 250 g/mol. The molecular weight excluding hydrogens is 232 g/mol. The Balaban J connectivity index is 2.61. The van der Waals surface area contributed by atoms with E-state index in [0.29, 0.717) is 5.56 Å². The molecule has 0 aromatic heterocycles. The summed E-state index contributed by atoms with van der Waals surface area (Å²) in [5.41, 5.74) is 1.67. The van der Waals surface area contributed by atoms with Gasteiger partial charge in [-0.25, -0.2) is 4.79 Å². The van der Waals surface area contributed by atoms with Gasteiger partial charge in [-0.1, -0.05) is 0 Å². The fourth-order valence-electron chi connectivity index (χ4n) is 1.57. The topological polar surface area (TPSA) is 78.4 Å². The number of carboxylic acid groups (broad SMARTS) is 1. The zero-order valence-electron chi connectivity index (χ0n) is 10.8. The number of benzene rings is 1. The van der Waals surface area contributed by atoms with Crippen LogP contribution in [-0.2, 0) is 4.79 Å². The first-order valence-corrected chi connectivity index (χ1v) is 5.77. The summed E-state index contributed by atoms with van der Waals surface area (Å²) in [6.45, 7) is 5.68. The highest BCUT2D eigenvalue weighted by Crippen LogP contribution is 2.14. The molecule has 5 heteroatoms. The van der Waals surface area contributed by atoms with Crippen LogP contribution < -0.4 is 10.6 Å². The maximum absolute atomic E-state index is 11.4. The first kappa shape index (κ1) is 14.0. The van der Waals surface area contributed by atoms with Gasteiger partial charge >= 0.3 is 5.97 Å². The number of nitrogens with one attached hydrogen (secondary N) is 2. The van der Waals surface area contributed by atoms with E-state index in [1.54, 1.807) is 19.1 Å². The summed E-state index contributed by atoms with van der Waals surface area (Å²) in [5.74, 6) is -1.04. The summed E-state index contributed by atoms with van der Waals surface area (Å²) < 4.78 is 0. The van der Waals surface area contributed by atoms with Crippen molar-refractivity contribution in [2.75, 3.05) is 11.9 Å². The number of amides is 1. The molecular formula is C13H18N2O3. The number of aryl methyl sites for hydroxylation is 1. The lowest BCUT2D eigenvalue weighted by Crippen LogP contribution is -2.34. The largest absolute Gasteiger partial charge is 0.478 e. The van der Waals surface area contributed by atoms with Crippen LogP contribution in [-0.4, -0.2) is 29.6 Å². The second-order valence-electron chi connectivity index (χ2n) is 4.41. The summed E-state index contributed by atoms with van der Waals surface area (Å²) in [6.07, 6.45) is 0. The molecule has 0 radical (unpaired) electrons. The number of rotatable bonds is 5. The molecule has 1 aromatic rings. The Labute approximate surface area is 106 Å². The molecule has 0 fully saturated rings. The number of hydrogen-bond donors (Lipinski definition) is 3. The van der Waals surface area contributed by atoms with Gasteiger partial charge in [0.25, 0.3) is 0 Å². The lowest BCUT2D eigenvalue weighted by molar-refractivity contribution is -0.119. The molecule has 0 saturated carbocycles. The van der Waals surface area contributed by atoms with Gasteiger partial charge in [-0.15, -0.1) is 0 Å². The van der Waals surface area contributed by atoms with Crippen LogP contribution in [0.15, 0.2) is 18.2 Å². The van der Waals surface area contributed by atoms with Crippen molar-refractivity contribution >= 4 is 17.6 Å². The Kier molecular flexibility index (Phi) is 4.71. The Morgan fingerprint density at radius 3 is 2.50 bits per heavy atom. The molecule has 1 amide bonds. The number of carbonyl (C=O) groups is 2. The van der Waals surface area contributed by atoms with E-state index in [1.807, 2.05) is 13.8 Å². The fourth-order valence-corrected chi connectivity index (χ4v) is 1.57. The van der Waals surface area contributed by atoms with Crippen LogP contribution >= 0.6 is 0 Å². The van der Waals surface area contributed by atoms with Gasteiger partial charge in [0, 0.05) is 11.7 Å². The minimum Gasteiger partial charge on any atom is -0.478 e. The van der Waals surface area contributed by atoms with Crippen LogP contribution in [0.25, 0.3) is 0 Å². The highest BCUT2D eigenvalue weighted by molar-refractivity contribution is 5.90. The van der Waals surface area contributed by atoms with E-state index in [2.05, 4.69) is 10.6 Å². The molecule has 0 bridgehead atoms. The second-order valence-corrected chi connectivity index (χ2v) is 4.41. The molecule has 0 heterocycles. The van der Waals surface area contributed by atoms with E-state index >= 15 is 0 Å². The SMILES string of the molecule is Cc1cc(NCC(=O)NC(C)C)ccc1C(=O)O. The molecule has 0 atom stereocenters. The quantitative estimate of drug-likeness (QED) is 0.742. The molecule has 0 spiro atoms. The molecule has 0 aliphatic carbocycles. The van der Waals surface area contributed by atoms with Gasteiger partial charge in [-0.05, 0) is 44.5 Å². The van der Waals surface area contributed by atoms with Crippen molar-refractivity contribution in [3.8, 4) is 0 Å². The van der Waals surface area contributed by atoms with E-state index in [-0.39, 0.29) is 24.1 Å². The Morgan fingerprint density at radius 1 is 1.33 bits per heavy atom. The second kappa shape index (κ2) is 6.05. The number of aromatic carboxylic acids is 1. The maximum Gasteiger partial charge on any atom is 0.335 e. The first-order valence-electron chi connectivity index (χ1n) is 5.77. The van der Waals surface area contributed by atoms with Crippen molar-refractivity contribution in [2.24, 2.45) is 0 Å². The van der Waals surface area contributed by atoms with Crippen LogP contribution in [0, 0.1) is 6.92 Å². The summed E-state index contributed by atoms with van der Waals surface area (Å²) in [5, 5.41) is 14.6. The molecule has 0 aliphatic heterocycles. The molecule has 1 aromatic carbocycles. The van der Waals surface area contributed by atoms with Gasteiger partial charge in [-0.3, -0.25) is 4.79 Å². The van der Waals surface area contributed by atoms with E-state index in [0.717, 1.165) is 5.69 Å². The molecule has 0 aliphatic rings. The van der Waals surface area contributed by atoms with Crippen LogP contribution in [0.4, 0.5) is 5.69 Å². The van der Waals surface area contributed by atoms with Gasteiger partial charge in [0.2, 0.25) is 5.91 Å². The van der Waals surface area contributed by atoms with E-state index in [9.17, 15) is 9.59 Å². The van der Waals surface area contributed by atoms with Crippen LogP contribution in [0.2, 0.25) is 0 Å². The van der Waals surface area contributed by atoms with Crippen molar-refractivity contribution < 1.29 is 14.7 Å². The van der Waals surface area contributed by atoms with Gasteiger partial charge in [0.05, 0.1) is 12.1 Å². The molecule has 0 saturated heterocycles. The number of anilines is 1. The third-order valence-corrected chi connectivity index (χ3v) is 2.36. The zero-order valence-corrected chi connectivity index (χ0v) is 10.8. The highest BCUT2D eigenvalue weighted by atomic mass is 16.4. The smallest absolute Gasteiger partial charge is 0.335 e. The molecule has 0 unspecified atom stereocenters. The molecule has 3 N–H and O–H groups in total. The standard InChI is InChI=1S/C13H18N2O3/c1-8(2)15-12(16)7-14-10-4-5-11(13(17)18)9(3)6-10/h4-6,8,14H,7H2,1-3H3,(H,15,16)(H,17,18). The van der Waals surface area contributed by atoms with Crippen molar-refractivity contribution in [1.29, 1.82) is 0 Å². The van der Waals surface area contributed by atoms with Crippen molar-refractivity contribution in [3.05, 3.63) is 29.3 Å².